The third-order valence-electron chi connectivity index (χ3n) is 1.60. The fourth-order valence-electron chi connectivity index (χ4n) is 1.16. The number of hydrogen-bond donors (Lipinski definition) is 1. The van der Waals surface area contributed by atoms with E-state index in [0.29, 0.717) is 0 Å². The minimum Gasteiger partial charge on any atom is -0.393 e. The quantitative estimate of drug-likeness (QED) is 0.708. The second kappa shape index (κ2) is 12.4. The number of hydrogen-bond acceptors (Lipinski definition) is 1. The minimum atomic E-state index is -0.200. The zero-order valence-electron chi connectivity index (χ0n) is 10.4. The van der Waals surface area contributed by atoms with Gasteiger partial charge in [0.2, 0.25) is 0 Å². The monoisotopic (exact) mass is 198 g/mol. The van der Waals surface area contributed by atoms with Gasteiger partial charge in [0.25, 0.3) is 0 Å². The van der Waals surface area contributed by atoms with Gasteiger partial charge in [0, 0.05) is 0 Å². The highest BCUT2D eigenvalue weighted by Gasteiger charge is 2.00. The summed E-state index contributed by atoms with van der Waals surface area (Å²) in [6.45, 7) is 9.82. The second-order valence-corrected chi connectivity index (χ2v) is 2.81. The van der Waals surface area contributed by atoms with Gasteiger partial charge >= 0.3 is 0 Å². The fraction of sp³-hybridized carbons (Fsp3) is 0.692. The van der Waals surface area contributed by atoms with Crippen molar-refractivity contribution in [3.63, 3.8) is 0 Å². The summed E-state index contributed by atoms with van der Waals surface area (Å²) < 4.78 is 0. The van der Waals surface area contributed by atoms with Crippen LogP contribution in [0, 0.1) is 0 Å². The van der Waals surface area contributed by atoms with E-state index in [1.54, 1.807) is 0 Å². The maximum Gasteiger partial charge on any atom is 0.0552 e. The molecule has 0 aliphatic heterocycles. The van der Waals surface area contributed by atoms with Gasteiger partial charge in [0.1, 0.15) is 0 Å². The molecule has 1 unspecified atom stereocenters. The summed E-state index contributed by atoms with van der Waals surface area (Å²) in [5.41, 5.74) is 1.28. The van der Waals surface area contributed by atoms with Crippen molar-refractivity contribution in [2.24, 2.45) is 0 Å². The summed E-state index contributed by atoms with van der Waals surface area (Å²) in [5, 5.41) is 9.03. The summed E-state index contributed by atoms with van der Waals surface area (Å²) in [5.74, 6) is 0. The first kappa shape index (κ1) is 15.9. The lowest BCUT2D eigenvalue weighted by Gasteiger charge is -2.07. The standard InChI is InChI=1S/C9H14O.2C2H6/c1-8(10)7-9-5-3-2-4-6-9;2*1-2/h3,5-6,8,10H,2,4,7H2,1H3;2*1-2H3. The second-order valence-electron chi connectivity index (χ2n) is 2.81. The fourth-order valence-corrected chi connectivity index (χ4v) is 1.16. The Morgan fingerprint density at radius 1 is 1.21 bits per heavy atom. The molecule has 0 amide bonds. The van der Waals surface area contributed by atoms with Gasteiger partial charge in [-0.1, -0.05) is 45.9 Å². The largest absolute Gasteiger partial charge is 0.393 e. The van der Waals surface area contributed by atoms with Crippen LogP contribution in [0.5, 0.6) is 0 Å². The smallest absolute Gasteiger partial charge is 0.0552 e. The zero-order chi connectivity index (χ0) is 11.4. The van der Waals surface area contributed by atoms with Crippen molar-refractivity contribution < 1.29 is 5.11 Å². The lowest BCUT2D eigenvalue weighted by atomic mass is 10.0. The van der Waals surface area contributed by atoms with Gasteiger partial charge in [0.05, 0.1) is 6.10 Å². The van der Waals surface area contributed by atoms with Crippen molar-refractivity contribution in [2.75, 3.05) is 0 Å². The van der Waals surface area contributed by atoms with Gasteiger partial charge in [-0.15, -0.1) is 0 Å². The molecule has 0 aromatic rings. The molecule has 0 saturated carbocycles. The van der Waals surface area contributed by atoms with E-state index >= 15 is 0 Å². The van der Waals surface area contributed by atoms with Crippen molar-refractivity contribution >= 4 is 0 Å². The lowest BCUT2D eigenvalue weighted by molar-refractivity contribution is 0.196. The lowest BCUT2D eigenvalue weighted by Crippen LogP contribution is -2.00. The van der Waals surface area contributed by atoms with Crippen LogP contribution >= 0.6 is 0 Å². The van der Waals surface area contributed by atoms with Crippen LogP contribution in [0.25, 0.3) is 0 Å². The molecule has 0 bridgehead atoms. The molecule has 1 aliphatic rings. The van der Waals surface area contributed by atoms with Gasteiger partial charge in [-0.25, -0.2) is 0 Å². The van der Waals surface area contributed by atoms with Crippen LogP contribution in [-0.2, 0) is 0 Å². The summed E-state index contributed by atoms with van der Waals surface area (Å²) in [6, 6.07) is 0. The summed E-state index contributed by atoms with van der Waals surface area (Å²) >= 11 is 0. The van der Waals surface area contributed by atoms with Crippen molar-refractivity contribution in [3.8, 4) is 0 Å². The molecule has 0 radical (unpaired) electrons. The molecule has 1 atom stereocenters. The molecule has 1 aliphatic carbocycles. The van der Waals surface area contributed by atoms with E-state index < -0.39 is 0 Å². The SMILES string of the molecule is CC.CC.CC(O)CC1=CCCC=C1. The van der Waals surface area contributed by atoms with Crippen LogP contribution in [-0.4, -0.2) is 11.2 Å². The molecule has 1 heteroatoms. The topological polar surface area (TPSA) is 20.2 Å². The van der Waals surface area contributed by atoms with Crippen molar-refractivity contribution in [1.82, 2.24) is 0 Å². The Morgan fingerprint density at radius 3 is 2.14 bits per heavy atom. The first-order valence-corrected chi connectivity index (χ1v) is 5.82. The normalized spacial score (nSPS) is 15.4. The molecule has 14 heavy (non-hydrogen) atoms. The van der Waals surface area contributed by atoms with Crippen LogP contribution in [0.4, 0.5) is 0 Å². The molecular weight excluding hydrogens is 172 g/mol. The third kappa shape index (κ3) is 9.53. The number of aliphatic hydroxyl groups excluding tert-OH is 1. The highest BCUT2D eigenvalue weighted by Crippen LogP contribution is 2.14. The van der Waals surface area contributed by atoms with Gasteiger partial charge < -0.3 is 5.11 Å². The van der Waals surface area contributed by atoms with Crippen molar-refractivity contribution in [3.05, 3.63) is 23.8 Å². The van der Waals surface area contributed by atoms with Gasteiger partial charge in [-0.05, 0) is 31.8 Å². The highest BCUT2D eigenvalue weighted by atomic mass is 16.3. The average Bonchev–Trinajstić information content (AvgIpc) is 2.24. The Hall–Kier alpha value is -0.560. The Morgan fingerprint density at radius 2 is 1.79 bits per heavy atom. The number of rotatable bonds is 2. The van der Waals surface area contributed by atoms with Gasteiger partial charge in [-0.3, -0.25) is 0 Å². The van der Waals surface area contributed by atoms with Crippen molar-refractivity contribution in [2.45, 2.75) is 60.0 Å². The Balaban J connectivity index is 0. The minimum absolute atomic E-state index is 0.200. The third-order valence-corrected chi connectivity index (χ3v) is 1.60. The molecule has 0 fully saturated rings. The summed E-state index contributed by atoms with van der Waals surface area (Å²) in [4.78, 5) is 0. The number of allylic oxidation sites excluding steroid dienone is 3. The molecule has 1 nitrogen and oxygen atoms in total. The molecular formula is C13H26O. The van der Waals surface area contributed by atoms with Crippen LogP contribution in [0.2, 0.25) is 0 Å². The first-order valence-electron chi connectivity index (χ1n) is 5.82. The van der Waals surface area contributed by atoms with Crippen molar-refractivity contribution in [1.29, 1.82) is 0 Å². The van der Waals surface area contributed by atoms with Crippen LogP contribution in [0.3, 0.4) is 0 Å². The number of aliphatic hydroxyl groups is 1. The summed E-state index contributed by atoms with van der Waals surface area (Å²) in [7, 11) is 0. The van der Waals surface area contributed by atoms with E-state index in [1.807, 2.05) is 34.6 Å². The molecule has 84 valence electrons. The van der Waals surface area contributed by atoms with E-state index in [1.165, 1.54) is 5.57 Å². The van der Waals surface area contributed by atoms with Gasteiger partial charge in [0.15, 0.2) is 0 Å². The first-order chi connectivity index (χ1) is 6.79. The molecule has 0 saturated heterocycles. The Labute approximate surface area is 89.5 Å². The maximum absolute atomic E-state index is 9.03. The maximum atomic E-state index is 9.03. The van der Waals surface area contributed by atoms with Crippen LogP contribution in [0.15, 0.2) is 23.8 Å². The molecule has 0 heterocycles. The molecule has 0 aromatic carbocycles. The Bertz CT molecular complexity index is 155. The molecule has 0 spiro atoms. The average molecular weight is 198 g/mol. The van der Waals surface area contributed by atoms with E-state index in [2.05, 4.69) is 18.2 Å². The van der Waals surface area contributed by atoms with Gasteiger partial charge in [-0.2, -0.15) is 0 Å². The van der Waals surface area contributed by atoms with E-state index in [4.69, 9.17) is 5.11 Å². The molecule has 1 N–H and O–H groups in total. The Kier molecular flexibility index (Phi) is 14.1. The van der Waals surface area contributed by atoms with Crippen LogP contribution < -0.4 is 0 Å². The molecule has 0 aromatic heterocycles. The predicted molar refractivity (Wildman–Crippen MR) is 65.5 cm³/mol. The zero-order valence-corrected chi connectivity index (χ0v) is 10.4. The summed E-state index contributed by atoms with van der Waals surface area (Å²) in [6.07, 6.45) is 9.37. The van der Waals surface area contributed by atoms with E-state index in [0.717, 1.165) is 19.3 Å². The molecule has 1 rings (SSSR count). The van der Waals surface area contributed by atoms with E-state index in [9.17, 15) is 0 Å². The van der Waals surface area contributed by atoms with Crippen LogP contribution in [0.1, 0.15) is 53.9 Å². The van der Waals surface area contributed by atoms with E-state index in [-0.39, 0.29) is 6.10 Å². The predicted octanol–water partition coefficient (Wildman–Crippen LogP) is 4.09. The highest BCUT2D eigenvalue weighted by molar-refractivity contribution is 5.22.